The van der Waals surface area contributed by atoms with Gasteiger partial charge in [-0.3, -0.25) is 14.5 Å². The maximum Gasteiger partial charge on any atom is 0.257 e. The van der Waals surface area contributed by atoms with Gasteiger partial charge in [-0.1, -0.05) is 54.6 Å². The molecule has 6 heteroatoms. The minimum Gasteiger partial charge on any atom is -0.477 e. The van der Waals surface area contributed by atoms with Crippen LogP contribution in [0.4, 0.5) is 0 Å². The summed E-state index contributed by atoms with van der Waals surface area (Å²) < 4.78 is 11.0. The van der Waals surface area contributed by atoms with Gasteiger partial charge in [-0.25, -0.2) is 0 Å². The summed E-state index contributed by atoms with van der Waals surface area (Å²) >= 11 is 0. The van der Waals surface area contributed by atoms with Crippen LogP contribution >= 0.6 is 0 Å². The number of amides is 1. The van der Waals surface area contributed by atoms with Crippen molar-refractivity contribution in [1.29, 1.82) is 0 Å². The monoisotopic (exact) mass is 418 g/mol. The molecule has 0 saturated heterocycles. The van der Waals surface area contributed by atoms with Gasteiger partial charge in [0, 0.05) is 25.7 Å². The number of hydrogen-bond acceptors (Lipinski definition) is 5. The van der Waals surface area contributed by atoms with Gasteiger partial charge < -0.3 is 14.5 Å². The largest absolute Gasteiger partial charge is 0.477 e. The van der Waals surface area contributed by atoms with Crippen molar-refractivity contribution in [1.82, 2.24) is 10.2 Å². The molecule has 31 heavy (non-hydrogen) atoms. The van der Waals surface area contributed by atoms with E-state index in [4.69, 9.17) is 9.15 Å². The Balaban J connectivity index is 1.24. The first-order valence-electron chi connectivity index (χ1n) is 10.5. The number of benzene rings is 2. The van der Waals surface area contributed by atoms with Gasteiger partial charge in [0.05, 0.1) is 6.54 Å². The summed E-state index contributed by atoms with van der Waals surface area (Å²) in [6.45, 7) is 2.60. The summed E-state index contributed by atoms with van der Waals surface area (Å²) in [5.41, 5.74) is 3.56. The number of hydrogen-bond donors (Lipinski definition) is 1. The second kappa shape index (κ2) is 10.1. The Morgan fingerprint density at radius 3 is 2.65 bits per heavy atom. The first kappa shape index (κ1) is 20.9. The third kappa shape index (κ3) is 5.83. The zero-order valence-corrected chi connectivity index (χ0v) is 17.4. The van der Waals surface area contributed by atoms with E-state index >= 15 is 0 Å². The van der Waals surface area contributed by atoms with Crippen molar-refractivity contribution >= 4 is 5.91 Å². The lowest BCUT2D eigenvalue weighted by Crippen LogP contribution is -2.31. The fourth-order valence-corrected chi connectivity index (χ4v) is 3.72. The van der Waals surface area contributed by atoms with Crippen LogP contribution in [-0.2, 0) is 30.7 Å². The van der Waals surface area contributed by atoms with Crippen molar-refractivity contribution in [3.63, 3.8) is 0 Å². The molecular weight excluding hydrogens is 392 g/mol. The van der Waals surface area contributed by atoms with Crippen LogP contribution < -0.4 is 15.5 Å². The van der Waals surface area contributed by atoms with Crippen molar-refractivity contribution < 1.29 is 13.9 Å². The highest BCUT2D eigenvalue weighted by atomic mass is 16.5. The first-order chi connectivity index (χ1) is 15.2. The number of carbonyl (C=O) groups is 1. The average Bonchev–Trinajstić information content (AvgIpc) is 2.79. The molecule has 1 aliphatic heterocycles. The summed E-state index contributed by atoms with van der Waals surface area (Å²) in [6, 6.07) is 19.8. The predicted molar refractivity (Wildman–Crippen MR) is 118 cm³/mol. The molecule has 1 amide bonds. The molecule has 0 atom stereocenters. The van der Waals surface area contributed by atoms with E-state index in [0.29, 0.717) is 18.8 Å². The summed E-state index contributed by atoms with van der Waals surface area (Å²) in [7, 11) is 0. The molecular formula is C25H26N2O4. The molecule has 1 aliphatic rings. The summed E-state index contributed by atoms with van der Waals surface area (Å²) in [5.74, 6) is 0.362. The van der Waals surface area contributed by atoms with Crippen LogP contribution in [0.25, 0.3) is 0 Å². The van der Waals surface area contributed by atoms with Crippen molar-refractivity contribution in [3.8, 4) is 5.75 Å². The molecule has 0 spiro atoms. The van der Waals surface area contributed by atoms with E-state index in [1.807, 2.05) is 36.4 Å². The third-order valence-corrected chi connectivity index (χ3v) is 5.38. The average molecular weight is 418 g/mol. The molecule has 2 heterocycles. The fraction of sp³-hybridized carbons (Fsp3) is 0.280. The molecule has 0 saturated carbocycles. The van der Waals surface area contributed by atoms with Crippen molar-refractivity contribution in [3.05, 3.63) is 99.6 Å². The van der Waals surface area contributed by atoms with Crippen LogP contribution in [-0.4, -0.2) is 30.5 Å². The molecule has 4 rings (SSSR count). The Morgan fingerprint density at radius 1 is 1.06 bits per heavy atom. The van der Waals surface area contributed by atoms with Crippen LogP contribution in [0.15, 0.2) is 76.1 Å². The quantitative estimate of drug-likeness (QED) is 0.609. The number of fused-ring (bicyclic) bond motifs is 1. The lowest BCUT2D eigenvalue weighted by Gasteiger charge is -2.28. The Morgan fingerprint density at radius 2 is 1.84 bits per heavy atom. The van der Waals surface area contributed by atoms with Crippen LogP contribution in [0, 0.1) is 0 Å². The standard InChI is InChI=1S/C25H26N2O4/c28-23-14-22(16-27-13-11-20-8-4-5-9-21(20)15-27)30-17-24(23)31-18-25(29)26-12-10-19-6-2-1-3-7-19/h1-9,14,17H,10-13,15-16,18H2,(H,26,29). The smallest absolute Gasteiger partial charge is 0.257 e. The topological polar surface area (TPSA) is 71.8 Å². The van der Waals surface area contributed by atoms with E-state index in [9.17, 15) is 9.59 Å². The van der Waals surface area contributed by atoms with Crippen LogP contribution in [0.2, 0.25) is 0 Å². The number of nitrogens with one attached hydrogen (secondary N) is 1. The van der Waals surface area contributed by atoms with Crippen LogP contribution in [0.5, 0.6) is 5.75 Å². The molecule has 0 radical (unpaired) electrons. The lowest BCUT2D eigenvalue weighted by molar-refractivity contribution is -0.123. The van der Waals surface area contributed by atoms with Crippen molar-refractivity contribution in [2.45, 2.75) is 25.9 Å². The van der Waals surface area contributed by atoms with Gasteiger partial charge >= 0.3 is 0 Å². The van der Waals surface area contributed by atoms with E-state index in [1.54, 1.807) is 0 Å². The Labute approximate surface area is 181 Å². The van der Waals surface area contributed by atoms with E-state index in [2.05, 4.69) is 28.4 Å². The second-order valence-electron chi connectivity index (χ2n) is 7.68. The van der Waals surface area contributed by atoms with Gasteiger partial charge in [-0.05, 0) is 29.5 Å². The Hall–Kier alpha value is -3.38. The third-order valence-electron chi connectivity index (χ3n) is 5.38. The lowest BCUT2D eigenvalue weighted by atomic mass is 10.00. The Kier molecular flexibility index (Phi) is 6.79. The van der Waals surface area contributed by atoms with Crippen LogP contribution in [0.1, 0.15) is 22.5 Å². The van der Waals surface area contributed by atoms with Crippen molar-refractivity contribution in [2.24, 2.45) is 0 Å². The van der Waals surface area contributed by atoms with Gasteiger partial charge in [0.15, 0.2) is 6.61 Å². The molecule has 6 nitrogen and oxygen atoms in total. The van der Waals surface area contributed by atoms with Gasteiger partial charge in [-0.2, -0.15) is 0 Å². The molecule has 0 aliphatic carbocycles. The Bertz CT molecular complexity index is 1080. The zero-order chi connectivity index (χ0) is 21.5. The molecule has 160 valence electrons. The molecule has 0 unspecified atom stereocenters. The maximum absolute atomic E-state index is 12.4. The van der Waals surface area contributed by atoms with Crippen LogP contribution in [0.3, 0.4) is 0 Å². The SMILES string of the molecule is O=C(COc1coc(CN2CCc3ccccc3C2)cc1=O)NCCc1ccccc1. The molecule has 3 aromatic rings. The first-order valence-corrected chi connectivity index (χ1v) is 10.5. The second-order valence-corrected chi connectivity index (χ2v) is 7.68. The number of rotatable bonds is 8. The van der Waals surface area contributed by atoms with E-state index < -0.39 is 0 Å². The van der Waals surface area contributed by atoms with Gasteiger partial charge in [0.1, 0.15) is 12.0 Å². The predicted octanol–water partition coefficient (Wildman–Crippen LogP) is 2.94. The minimum atomic E-state index is -0.282. The highest BCUT2D eigenvalue weighted by Gasteiger charge is 2.17. The fourth-order valence-electron chi connectivity index (χ4n) is 3.72. The van der Waals surface area contributed by atoms with Gasteiger partial charge in [0.25, 0.3) is 5.91 Å². The van der Waals surface area contributed by atoms with E-state index in [-0.39, 0.29) is 23.7 Å². The zero-order valence-electron chi connectivity index (χ0n) is 17.4. The normalized spacial score (nSPS) is 13.4. The molecule has 2 aromatic carbocycles. The summed E-state index contributed by atoms with van der Waals surface area (Å²) in [5, 5.41) is 2.79. The van der Waals surface area contributed by atoms with E-state index in [0.717, 1.165) is 31.5 Å². The molecule has 1 N–H and O–H groups in total. The number of nitrogens with zero attached hydrogens (tertiary/aromatic N) is 1. The van der Waals surface area contributed by atoms with Gasteiger partial charge in [0.2, 0.25) is 11.2 Å². The number of carbonyl (C=O) groups excluding carboxylic acids is 1. The highest BCUT2D eigenvalue weighted by Crippen LogP contribution is 2.20. The highest BCUT2D eigenvalue weighted by molar-refractivity contribution is 5.77. The van der Waals surface area contributed by atoms with E-state index in [1.165, 1.54) is 23.5 Å². The summed E-state index contributed by atoms with van der Waals surface area (Å²) in [4.78, 5) is 26.6. The number of ether oxygens (including phenoxy) is 1. The van der Waals surface area contributed by atoms with Gasteiger partial charge in [-0.15, -0.1) is 0 Å². The molecule has 0 bridgehead atoms. The molecule has 0 fully saturated rings. The van der Waals surface area contributed by atoms with Crippen molar-refractivity contribution in [2.75, 3.05) is 19.7 Å². The summed E-state index contributed by atoms with van der Waals surface area (Å²) in [6.07, 6.45) is 3.03. The minimum absolute atomic E-state index is 0.0472. The molecule has 1 aromatic heterocycles. The maximum atomic E-state index is 12.4.